The van der Waals surface area contributed by atoms with E-state index in [1.54, 1.807) is 18.2 Å². The second kappa shape index (κ2) is 7.58. The Morgan fingerprint density at radius 3 is 2.77 bits per heavy atom. The van der Waals surface area contributed by atoms with E-state index in [1.807, 2.05) is 30.3 Å². The van der Waals surface area contributed by atoms with Crippen molar-refractivity contribution in [3.8, 4) is 21.9 Å². The Bertz CT molecular complexity index is 1330. The fourth-order valence-electron chi connectivity index (χ4n) is 3.14. The van der Waals surface area contributed by atoms with Crippen LogP contribution in [0.4, 0.5) is 5.69 Å². The summed E-state index contributed by atoms with van der Waals surface area (Å²) in [6.07, 6.45) is 1.40. The van der Waals surface area contributed by atoms with Crippen LogP contribution >= 0.6 is 27.3 Å². The van der Waals surface area contributed by atoms with Gasteiger partial charge in [0, 0.05) is 21.1 Å². The predicted molar refractivity (Wildman–Crippen MR) is 118 cm³/mol. The third-order valence-corrected chi connectivity index (χ3v) is 6.29. The number of hydrogen-bond acceptors (Lipinski definition) is 6. The van der Waals surface area contributed by atoms with Crippen molar-refractivity contribution in [1.82, 2.24) is 9.55 Å². The highest BCUT2D eigenvalue weighted by molar-refractivity contribution is 9.10. The number of nitrogens with one attached hydrogen (secondary N) is 1. The first kappa shape index (κ1) is 18.8. The molecule has 7 nitrogen and oxygen atoms in total. The van der Waals surface area contributed by atoms with Crippen molar-refractivity contribution in [2.75, 3.05) is 12.1 Å². The lowest BCUT2D eigenvalue weighted by molar-refractivity contribution is -0.116. The number of nitrogens with zero attached hydrogens (tertiary/aromatic N) is 2. The quantitative estimate of drug-likeness (QED) is 0.468. The highest BCUT2D eigenvalue weighted by Gasteiger charge is 2.16. The van der Waals surface area contributed by atoms with Gasteiger partial charge in [-0.1, -0.05) is 28.1 Å². The summed E-state index contributed by atoms with van der Waals surface area (Å²) in [5.41, 5.74) is 1.96. The number of ether oxygens (including phenoxy) is 2. The highest BCUT2D eigenvalue weighted by atomic mass is 79.9. The molecule has 0 aliphatic carbocycles. The molecule has 1 amide bonds. The maximum atomic E-state index is 12.9. The number of fused-ring (bicyclic) bond motifs is 2. The number of halogens is 1. The molecule has 0 atom stereocenters. The van der Waals surface area contributed by atoms with Gasteiger partial charge < -0.3 is 14.8 Å². The molecule has 5 rings (SSSR count). The number of amides is 1. The fourth-order valence-corrected chi connectivity index (χ4v) is 4.47. The average Bonchev–Trinajstić information content (AvgIpc) is 3.37. The van der Waals surface area contributed by atoms with Gasteiger partial charge >= 0.3 is 0 Å². The summed E-state index contributed by atoms with van der Waals surface area (Å²) < 4.78 is 13.4. The Hall–Kier alpha value is -3.17. The summed E-state index contributed by atoms with van der Waals surface area (Å²) in [6, 6.07) is 14.9. The number of carbonyl (C=O) groups is 1. The standard InChI is InChI=1S/C21H14BrN3O4S/c22-13-3-1-12(2-4-13)18-8-15-20(30-18)21(27)25(10-23-15)9-19(26)24-14-5-6-16-17(7-14)29-11-28-16/h1-8,10H,9,11H2,(H,24,26). The van der Waals surface area contributed by atoms with E-state index in [9.17, 15) is 9.59 Å². The second-order valence-electron chi connectivity index (χ2n) is 6.63. The summed E-state index contributed by atoms with van der Waals surface area (Å²) in [5.74, 6) is 0.882. The Kier molecular flexibility index (Phi) is 4.76. The molecule has 2 aromatic heterocycles. The lowest BCUT2D eigenvalue weighted by Crippen LogP contribution is -2.27. The number of rotatable bonds is 4. The van der Waals surface area contributed by atoms with E-state index in [0.717, 1.165) is 14.9 Å². The molecule has 1 aliphatic rings. The van der Waals surface area contributed by atoms with Crippen LogP contribution < -0.4 is 20.3 Å². The van der Waals surface area contributed by atoms with Crippen LogP contribution in [0, 0.1) is 0 Å². The number of thiophene rings is 1. The van der Waals surface area contributed by atoms with Gasteiger partial charge in [-0.15, -0.1) is 11.3 Å². The highest BCUT2D eigenvalue weighted by Crippen LogP contribution is 2.34. The van der Waals surface area contributed by atoms with E-state index in [2.05, 4.69) is 26.2 Å². The molecule has 0 radical (unpaired) electrons. The molecule has 2 aromatic carbocycles. The van der Waals surface area contributed by atoms with Crippen molar-refractivity contribution in [3.63, 3.8) is 0 Å². The zero-order valence-electron chi connectivity index (χ0n) is 15.4. The second-order valence-corrected chi connectivity index (χ2v) is 8.59. The van der Waals surface area contributed by atoms with Gasteiger partial charge in [-0.05, 0) is 35.9 Å². The molecule has 1 N–H and O–H groups in total. The summed E-state index contributed by atoms with van der Waals surface area (Å²) in [5, 5.41) is 2.77. The molecule has 0 fully saturated rings. The molecule has 0 spiro atoms. The van der Waals surface area contributed by atoms with Crippen LogP contribution in [0.1, 0.15) is 0 Å². The molecule has 150 valence electrons. The molecular weight excluding hydrogens is 470 g/mol. The number of carbonyl (C=O) groups excluding carboxylic acids is 1. The molecule has 4 aromatic rings. The van der Waals surface area contributed by atoms with E-state index >= 15 is 0 Å². The summed E-state index contributed by atoms with van der Waals surface area (Å²) >= 11 is 4.79. The van der Waals surface area contributed by atoms with Gasteiger partial charge in [0.1, 0.15) is 11.2 Å². The molecule has 0 unspecified atom stereocenters. The molecule has 0 bridgehead atoms. The van der Waals surface area contributed by atoms with Gasteiger partial charge in [-0.3, -0.25) is 14.2 Å². The van der Waals surface area contributed by atoms with Crippen LogP contribution in [-0.2, 0) is 11.3 Å². The lowest BCUT2D eigenvalue weighted by Gasteiger charge is -2.07. The van der Waals surface area contributed by atoms with Crippen LogP contribution in [0.5, 0.6) is 11.5 Å². The first-order valence-corrected chi connectivity index (χ1v) is 10.6. The van der Waals surface area contributed by atoms with Gasteiger partial charge in [0.2, 0.25) is 12.7 Å². The van der Waals surface area contributed by atoms with Crippen LogP contribution in [-0.4, -0.2) is 22.3 Å². The van der Waals surface area contributed by atoms with Crippen LogP contribution in [0.25, 0.3) is 20.7 Å². The molecule has 0 saturated carbocycles. The monoisotopic (exact) mass is 483 g/mol. The molecular formula is C21H14BrN3O4S. The van der Waals surface area contributed by atoms with Crippen molar-refractivity contribution < 1.29 is 14.3 Å². The Labute approximate surface area is 183 Å². The number of benzene rings is 2. The predicted octanol–water partition coefficient (Wildman–Crippen LogP) is 4.25. The minimum Gasteiger partial charge on any atom is -0.454 e. The topological polar surface area (TPSA) is 82.5 Å². The Morgan fingerprint density at radius 1 is 1.13 bits per heavy atom. The number of anilines is 1. The van der Waals surface area contributed by atoms with E-state index in [-0.39, 0.29) is 24.8 Å². The largest absolute Gasteiger partial charge is 0.454 e. The van der Waals surface area contributed by atoms with Crippen LogP contribution in [0.2, 0.25) is 0 Å². The van der Waals surface area contributed by atoms with E-state index in [0.29, 0.717) is 27.4 Å². The normalized spacial score (nSPS) is 12.3. The molecule has 30 heavy (non-hydrogen) atoms. The van der Waals surface area contributed by atoms with Crippen LogP contribution in [0.3, 0.4) is 0 Å². The van der Waals surface area contributed by atoms with E-state index in [4.69, 9.17) is 9.47 Å². The van der Waals surface area contributed by atoms with Crippen molar-refractivity contribution >= 4 is 49.1 Å². The molecule has 9 heteroatoms. The smallest absolute Gasteiger partial charge is 0.271 e. The first-order valence-electron chi connectivity index (χ1n) is 9.01. The minimum absolute atomic E-state index is 0.137. The van der Waals surface area contributed by atoms with Crippen molar-refractivity contribution in [2.24, 2.45) is 0 Å². The minimum atomic E-state index is -0.332. The number of aromatic nitrogens is 2. The maximum absolute atomic E-state index is 12.9. The summed E-state index contributed by atoms with van der Waals surface area (Å²) in [6.45, 7) is 0.0264. The fraction of sp³-hybridized carbons (Fsp3) is 0.0952. The summed E-state index contributed by atoms with van der Waals surface area (Å²) in [7, 11) is 0. The maximum Gasteiger partial charge on any atom is 0.271 e. The molecule has 1 aliphatic heterocycles. The van der Waals surface area contributed by atoms with Crippen molar-refractivity contribution in [1.29, 1.82) is 0 Å². The number of hydrogen-bond donors (Lipinski definition) is 1. The SMILES string of the molecule is O=C(Cn1cnc2cc(-c3ccc(Br)cc3)sc2c1=O)Nc1ccc2c(c1)OCO2. The summed E-state index contributed by atoms with van der Waals surface area (Å²) in [4.78, 5) is 30.6. The van der Waals surface area contributed by atoms with Gasteiger partial charge in [-0.2, -0.15) is 0 Å². The zero-order chi connectivity index (χ0) is 20.7. The van der Waals surface area contributed by atoms with E-state index < -0.39 is 0 Å². The molecule has 3 heterocycles. The molecule has 0 saturated heterocycles. The van der Waals surface area contributed by atoms with E-state index in [1.165, 1.54) is 22.2 Å². The lowest BCUT2D eigenvalue weighted by atomic mass is 10.2. The Balaban J connectivity index is 1.38. The Morgan fingerprint density at radius 2 is 1.93 bits per heavy atom. The first-order chi connectivity index (χ1) is 14.6. The zero-order valence-corrected chi connectivity index (χ0v) is 17.8. The van der Waals surface area contributed by atoms with Gasteiger partial charge in [0.05, 0.1) is 11.8 Å². The average molecular weight is 484 g/mol. The van der Waals surface area contributed by atoms with Crippen LogP contribution in [0.15, 0.2) is 64.1 Å². The van der Waals surface area contributed by atoms with Crippen molar-refractivity contribution in [2.45, 2.75) is 6.54 Å². The third-order valence-electron chi connectivity index (χ3n) is 4.60. The van der Waals surface area contributed by atoms with Gasteiger partial charge in [0.15, 0.2) is 11.5 Å². The van der Waals surface area contributed by atoms with Crippen molar-refractivity contribution in [3.05, 3.63) is 69.7 Å². The van der Waals surface area contributed by atoms with Gasteiger partial charge in [0.25, 0.3) is 5.56 Å². The van der Waals surface area contributed by atoms with Gasteiger partial charge in [-0.25, -0.2) is 4.98 Å². The third kappa shape index (κ3) is 3.57.